The second-order valence-electron chi connectivity index (χ2n) is 3.76. The van der Waals surface area contributed by atoms with Crippen LogP contribution in [-0.4, -0.2) is 48.7 Å². The Morgan fingerprint density at radius 2 is 2.07 bits per heavy atom. The molecule has 4 heteroatoms. The predicted molar refractivity (Wildman–Crippen MR) is 57.1 cm³/mol. The Morgan fingerprint density at radius 3 is 2.50 bits per heavy atom. The number of aliphatic hydroxyl groups is 1. The molecule has 0 aliphatic heterocycles. The maximum atomic E-state index is 11.4. The highest BCUT2D eigenvalue weighted by Gasteiger charge is 2.13. The van der Waals surface area contributed by atoms with E-state index in [1.165, 1.54) is 0 Å². The van der Waals surface area contributed by atoms with Gasteiger partial charge in [-0.15, -0.1) is 0 Å². The van der Waals surface area contributed by atoms with Gasteiger partial charge >= 0.3 is 0 Å². The number of hydrogen-bond donors (Lipinski definition) is 2. The van der Waals surface area contributed by atoms with Crippen molar-refractivity contribution in [1.82, 2.24) is 10.2 Å². The summed E-state index contributed by atoms with van der Waals surface area (Å²) >= 11 is 0. The van der Waals surface area contributed by atoms with E-state index in [1.807, 2.05) is 13.8 Å². The van der Waals surface area contributed by atoms with Crippen molar-refractivity contribution in [3.8, 4) is 0 Å². The first-order valence-corrected chi connectivity index (χ1v) is 5.11. The summed E-state index contributed by atoms with van der Waals surface area (Å²) < 4.78 is 0. The lowest BCUT2D eigenvalue weighted by atomic mass is 10.2. The van der Waals surface area contributed by atoms with Crippen LogP contribution in [0.5, 0.6) is 0 Å². The molecule has 0 aromatic heterocycles. The Kier molecular flexibility index (Phi) is 6.49. The molecule has 0 heterocycles. The van der Waals surface area contributed by atoms with E-state index >= 15 is 0 Å². The lowest BCUT2D eigenvalue weighted by Crippen LogP contribution is -2.42. The zero-order chi connectivity index (χ0) is 11.1. The van der Waals surface area contributed by atoms with Crippen LogP contribution in [0.2, 0.25) is 0 Å². The number of nitrogens with zero attached hydrogens (tertiary/aromatic N) is 1. The van der Waals surface area contributed by atoms with Crippen molar-refractivity contribution in [3.63, 3.8) is 0 Å². The molecule has 2 N–H and O–H groups in total. The van der Waals surface area contributed by atoms with Gasteiger partial charge in [0.2, 0.25) is 5.91 Å². The molecule has 4 nitrogen and oxygen atoms in total. The molecule has 2 unspecified atom stereocenters. The van der Waals surface area contributed by atoms with E-state index in [9.17, 15) is 9.90 Å². The fourth-order valence-corrected chi connectivity index (χ4v) is 1.15. The molecule has 0 saturated heterocycles. The van der Waals surface area contributed by atoms with E-state index in [4.69, 9.17) is 0 Å². The van der Waals surface area contributed by atoms with Gasteiger partial charge in [0.05, 0.1) is 12.1 Å². The normalized spacial score (nSPS) is 14.9. The molecule has 0 saturated carbocycles. The minimum Gasteiger partial charge on any atom is -0.393 e. The van der Waals surface area contributed by atoms with Crippen LogP contribution in [0.15, 0.2) is 0 Å². The van der Waals surface area contributed by atoms with E-state index < -0.39 is 0 Å². The van der Waals surface area contributed by atoms with Crippen molar-refractivity contribution < 1.29 is 9.90 Å². The molecule has 0 bridgehead atoms. The second kappa shape index (κ2) is 6.79. The Morgan fingerprint density at radius 1 is 1.50 bits per heavy atom. The summed E-state index contributed by atoms with van der Waals surface area (Å²) in [4.78, 5) is 13.0. The molecular weight excluding hydrogens is 180 g/mol. The van der Waals surface area contributed by atoms with Crippen LogP contribution in [-0.2, 0) is 4.79 Å². The monoisotopic (exact) mass is 202 g/mol. The summed E-state index contributed by atoms with van der Waals surface area (Å²) in [5.74, 6) is 0.0657. The number of aliphatic hydroxyl groups excluding tert-OH is 1. The van der Waals surface area contributed by atoms with Crippen LogP contribution in [0.25, 0.3) is 0 Å². The van der Waals surface area contributed by atoms with Crippen molar-refractivity contribution in [1.29, 1.82) is 0 Å². The molecule has 0 aliphatic rings. The molecule has 1 amide bonds. The van der Waals surface area contributed by atoms with Crippen LogP contribution in [0.3, 0.4) is 0 Å². The first-order valence-electron chi connectivity index (χ1n) is 5.11. The average molecular weight is 202 g/mol. The van der Waals surface area contributed by atoms with Crippen LogP contribution >= 0.6 is 0 Å². The molecule has 2 atom stereocenters. The van der Waals surface area contributed by atoms with Crippen LogP contribution in [0, 0.1) is 0 Å². The highest BCUT2D eigenvalue weighted by Crippen LogP contribution is 1.96. The zero-order valence-electron chi connectivity index (χ0n) is 9.58. The number of nitrogens with one attached hydrogen (secondary N) is 1. The SMILES string of the molecule is CCC(O)CCNC(C)C(=O)N(C)C. The number of amides is 1. The van der Waals surface area contributed by atoms with E-state index in [1.54, 1.807) is 19.0 Å². The lowest BCUT2D eigenvalue weighted by Gasteiger charge is -2.18. The highest BCUT2D eigenvalue weighted by molar-refractivity contribution is 5.80. The first-order chi connectivity index (χ1) is 6.49. The van der Waals surface area contributed by atoms with Crippen molar-refractivity contribution in [2.24, 2.45) is 0 Å². The minimum absolute atomic E-state index is 0.0657. The number of carbonyl (C=O) groups is 1. The topological polar surface area (TPSA) is 52.6 Å². The molecular formula is C10H22N2O2. The third-order valence-electron chi connectivity index (χ3n) is 2.21. The van der Waals surface area contributed by atoms with Crippen LogP contribution in [0.4, 0.5) is 0 Å². The van der Waals surface area contributed by atoms with Crippen molar-refractivity contribution in [2.75, 3.05) is 20.6 Å². The van der Waals surface area contributed by atoms with Gasteiger partial charge in [-0.3, -0.25) is 4.79 Å². The van der Waals surface area contributed by atoms with Gasteiger partial charge in [-0.2, -0.15) is 0 Å². The predicted octanol–water partition coefficient (Wildman–Crippen LogP) is 0.214. The van der Waals surface area contributed by atoms with Crippen molar-refractivity contribution in [2.45, 2.75) is 38.8 Å². The van der Waals surface area contributed by atoms with Gasteiger partial charge in [0, 0.05) is 14.1 Å². The Hall–Kier alpha value is -0.610. The quantitative estimate of drug-likeness (QED) is 0.647. The molecule has 0 spiro atoms. The summed E-state index contributed by atoms with van der Waals surface area (Å²) in [7, 11) is 3.48. The van der Waals surface area contributed by atoms with Gasteiger partial charge in [-0.25, -0.2) is 0 Å². The Bertz CT molecular complexity index is 172. The third-order valence-corrected chi connectivity index (χ3v) is 2.21. The first kappa shape index (κ1) is 13.4. The molecule has 0 aromatic rings. The summed E-state index contributed by atoms with van der Waals surface area (Å²) in [6, 6.07) is -0.172. The Balaban J connectivity index is 3.63. The number of likely N-dealkylation sites (N-methyl/N-ethyl adjacent to an activating group) is 1. The van der Waals surface area contributed by atoms with Gasteiger partial charge in [-0.1, -0.05) is 6.92 Å². The minimum atomic E-state index is -0.260. The van der Waals surface area contributed by atoms with Crippen molar-refractivity contribution in [3.05, 3.63) is 0 Å². The Labute approximate surface area is 86.3 Å². The van der Waals surface area contributed by atoms with E-state index in [2.05, 4.69) is 5.32 Å². The highest BCUT2D eigenvalue weighted by atomic mass is 16.3. The average Bonchev–Trinajstić information content (AvgIpc) is 2.15. The van der Waals surface area contributed by atoms with Gasteiger partial charge in [0.15, 0.2) is 0 Å². The smallest absolute Gasteiger partial charge is 0.238 e. The third kappa shape index (κ3) is 5.19. The van der Waals surface area contributed by atoms with E-state index in [0.29, 0.717) is 13.0 Å². The molecule has 0 rings (SSSR count). The van der Waals surface area contributed by atoms with Crippen molar-refractivity contribution >= 4 is 5.91 Å². The largest absolute Gasteiger partial charge is 0.393 e. The fraction of sp³-hybridized carbons (Fsp3) is 0.900. The lowest BCUT2D eigenvalue weighted by molar-refractivity contribution is -0.130. The standard InChI is InChI=1S/C10H22N2O2/c1-5-9(13)6-7-11-8(2)10(14)12(3)4/h8-9,11,13H,5-7H2,1-4H3. The van der Waals surface area contributed by atoms with Gasteiger partial charge in [-0.05, 0) is 26.3 Å². The van der Waals surface area contributed by atoms with Gasteiger partial charge in [0.25, 0.3) is 0 Å². The summed E-state index contributed by atoms with van der Waals surface area (Å²) in [6.07, 6.45) is 1.20. The molecule has 0 fully saturated rings. The van der Waals surface area contributed by atoms with E-state index in [-0.39, 0.29) is 18.1 Å². The van der Waals surface area contributed by atoms with Gasteiger partial charge in [0.1, 0.15) is 0 Å². The number of hydrogen-bond acceptors (Lipinski definition) is 3. The maximum absolute atomic E-state index is 11.4. The fourth-order valence-electron chi connectivity index (χ4n) is 1.15. The summed E-state index contributed by atoms with van der Waals surface area (Å²) in [5, 5.41) is 12.4. The number of rotatable bonds is 6. The second-order valence-corrected chi connectivity index (χ2v) is 3.76. The maximum Gasteiger partial charge on any atom is 0.238 e. The summed E-state index contributed by atoms with van der Waals surface area (Å²) in [6.45, 7) is 4.45. The molecule has 0 radical (unpaired) electrons. The molecule has 84 valence electrons. The molecule has 0 aromatic carbocycles. The zero-order valence-corrected chi connectivity index (χ0v) is 9.58. The van der Waals surface area contributed by atoms with E-state index in [0.717, 1.165) is 6.42 Å². The van der Waals surface area contributed by atoms with Crippen LogP contribution in [0.1, 0.15) is 26.7 Å². The number of carbonyl (C=O) groups excluding carboxylic acids is 1. The van der Waals surface area contributed by atoms with Gasteiger partial charge < -0.3 is 15.3 Å². The molecule has 0 aliphatic carbocycles. The summed E-state index contributed by atoms with van der Waals surface area (Å²) in [5.41, 5.74) is 0. The van der Waals surface area contributed by atoms with Crippen LogP contribution < -0.4 is 5.32 Å². The molecule has 14 heavy (non-hydrogen) atoms.